The molecule has 2 rings (SSSR count). The molecule has 0 aromatic carbocycles. The average Bonchev–Trinajstić information content (AvgIpc) is 2.56. The Balaban J connectivity index is 2.19. The zero-order valence-electron chi connectivity index (χ0n) is 9.99. The predicted octanol–water partition coefficient (Wildman–Crippen LogP) is 0.997. The van der Waals surface area contributed by atoms with Crippen LogP contribution in [0.3, 0.4) is 0 Å². The Bertz CT molecular complexity index is 342. The summed E-state index contributed by atoms with van der Waals surface area (Å²) in [5.41, 5.74) is 1.40. The Hall–Kier alpha value is -1.03. The van der Waals surface area contributed by atoms with Gasteiger partial charge in [0.25, 0.3) is 0 Å². The molecule has 0 aliphatic carbocycles. The molecule has 1 saturated heterocycles. The van der Waals surface area contributed by atoms with Crippen molar-refractivity contribution in [2.24, 2.45) is 7.05 Å². The summed E-state index contributed by atoms with van der Waals surface area (Å²) in [6, 6.07) is 0.530. The molecule has 4 heteroatoms. The van der Waals surface area contributed by atoms with Crippen molar-refractivity contribution in [1.82, 2.24) is 15.1 Å². The maximum Gasteiger partial charge on any atom is 0.0755 e. The van der Waals surface area contributed by atoms with E-state index in [1.54, 1.807) is 0 Å². The third kappa shape index (κ3) is 2.15. The topological polar surface area (TPSA) is 33.1 Å². The molecule has 0 bridgehead atoms. The number of anilines is 1. The Morgan fingerprint density at radius 2 is 2.27 bits per heavy atom. The van der Waals surface area contributed by atoms with E-state index in [-0.39, 0.29) is 5.54 Å². The molecule has 1 atom stereocenters. The average molecular weight is 208 g/mol. The lowest BCUT2D eigenvalue weighted by molar-refractivity contribution is 0.318. The molecule has 1 unspecified atom stereocenters. The number of nitrogens with one attached hydrogen (secondary N) is 1. The molecule has 4 nitrogen and oxygen atoms in total. The van der Waals surface area contributed by atoms with E-state index in [2.05, 4.69) is 42.3 Å². The second kappa shape index (κ2) is 3.52. The summed E-state index contributed by atoms with van der Waals surface area (Å²) in [5, 5.41) is 7.77. The Kier molecular flexibility index (Phi) is 2.46. The number of rotatable bonds is 1. The van der Waals surface area contributed by atoms with E-state index >= 15 is 0 Å². The molecule has 0 amide bonds. The van der Waals surface area contributed by atoms with Crippen LogP contribution in [0.25, 0.3) is 0 Å². The van der Waals surface area contributed by atoms with Gasteiger partial charge in [0.2, 0.25) is 0 Å². The molecule has 0 radical (unpaired) electrons. The molecule has 1 aromatic rings. The van der Waals surface area contributed by atoms with E-state index in [9.17, 15) is 0 Å². The van der Waals surface area contributed by atoms with Gasteiger partial charge in [-0.15, -0.1) is 0 Å². The minimum Gasteiger partial charge on any atom is -0.363 e. The zero-order valence-corrected chi connectivity index (χ0v) is 9.99. The quantitative estimate of drug-likeness (QED) is 0.747. The number of aryl methyl sites for hydroxylation is 1. The lowest BCUT2D eigenvalue weighted by Crippen LogP contribution is -2.60. The van der Waals surface area contributed by atoms with E-state index in [1.165, 1.54) is 5.69 Å². The van der Waals surface area contributed by atoms with Crippen molar-refractivity contribution in [2.75, 3.05) is 18.0 Å². The second-order valence-corrected chi connectivity index (χ2v) is 5.11. The van der Waals surface area contributed by atoms with Gasteiger partial charge in [-0.1, -0.05) is 0 Å². The Morgan fingerprint density at radius 1 is 1.53 bits per heavy atom. The summed E-state index contributed by atoms with van der Waals surface area (Å²) in [7, 11) is 1.96. The summed E-state index contributed by atoms with van der Waals surface area (Å²) in [6.07, 6.45) is 4.02. The maximum absolute atomic E-state index is 4.23. The van der Waals surface area contributed by atoms with Gasteiger partial charge in [-0.05, 0) is 20.8 Å². The van der Waals surface area contributed by atoms with Crippen molar-refractivity contribution < 1.29 is 0 Å². The van der Waals surface area contributed by atoms with E-state index in [4.69, 9.17) is 0 Å². The third-order valence-corrected chi connectivity index (χ3v) is 3.00. The van der Waals surface area contributed by atoms with Gasteiger partial charge >= 0.3 is 0 Å². The van der Waals surface area contributed by atoms with Crippen LogP contribution in [-0.4, -0.2) is 34.5 Å². The highest BCUT2D eigenvalue weighted by atomic mass is 15.3. The van der Waals surface area contributed by atoms with Crippen LogP contribution in [0.1, 0.15) is 20.8 Å². The lowest BCUT2D eigenvalue weighted by atomic mass is 9.99. The number of piperazine rings is 1. The second-order valence-electron chi connectivity index (χ2n) is 5.11. The fraction of sp³-hybridized carbons (Fsp3) is 0.727. The number of aromatic nitrogens is 2. The first-order valence-corrected chi connectivity index (χ1v) is 5.48. The Labute approximate surface area is 91.3 Å². The number of hydrogen-bond donors (Lipinski definition) is 1. The van der Waals surface area contributed by atoms with E-state index in [0.29, 0.717) is 6.04 Å². The van der Waals surface area contributed by atoms with Gasteiger partial charge in [0.15, 0.2) is 0 Å². The number of nitrogens with zero attached hydrogens (tertiary/aromatic N) is 3. The minimum atomic E-state index is 0.183. The first-order valence-electron chi connectivity index (χ1n) is 5.48. The van der Waals surface area contributed by atoms with Crippen LogP contribution in [0.15, 0.2) is 12.4 Å². The summed E-state index contributed by atoms with van der Waals surface area (Å²) >= 11 is 0. The molecule has 1 aliphatic heterocycles. The smallest absolute Gasteiger partial charge is 0.0755 e. The molecule has 0 saturated carbocycles. The fourth-order valence-corrected chi connectivity index (χ4v) is 2.07. The highest BCUT2D eigenvalue weighted by Gasteiger charge is 2.30. The maximum atomic E-state index is 4.23. The SMILES string of the molecule is CC1CNC(C)(C)CN1c1cnn(C)c1. The van der Waals surface area contributed by atoms with Crippen molar-refractivity contribution in [3.8, 4) is 0 Å². The van der Waals surface area contributed by atoms with Crippen molar-refractivity contribution in [3.63, 3.8) is 0 Å². The third-order valence-electron chi connectivity index (χ3n) is 3.00. The lowest BCUT2D eigenvalue weighted by Gasteiger charge is -2.44. The van der Waals surface area contributed by atoms with Crippen LogP contribution in [0.4, 0.5) is 5.69 Å². The van der Waals surface area contributed by atoms with Gasteiger partial charge in [-0.3, -0.25) is 4.68 Å². The monoisotopic (exact) mass is 208 g/mol. The van der Waals surface area contributed by atoms with Gasteiger partial charge in [-0.2, -0.15) is 5.10 Å². The minimum absolute atomic E-state index is 0.183. The van der Waals surface area contributed by atoms with Crippen molar-refractivity contribution in [1.29, 1.82) is 0 Å². The van der Waals surface area contributed by atoms with E-state index in [1.807, 2.05) is 17.9 Å². The highest BCUT2D eigenvalue weighted by molar-refractivity contribution is 5.45. The predicted molar refractivity (Wildman–Crippen MR) is 62.1 cm³/mol. The van der Waals surface area contributed by atoms with Gasteiger partial charge in [0.05, 0.1) is 11.9 Å². The normalized spacial score (nSPS) is 25.6. The molecule has 2 heterocycles. The molecular formula is C11H20N4. The van der Waals surface area contributed by atoms with Gasteiger partial charge in [0.1, 0.15) is 0 Å². The van der Waals surface area contributed by atoms with Gasteiger partial charge in [-0.25, -0.2) is 0 Å². The highest BCUT2D eigenvalue weighted by Crippen LogP contribution is 2.22. The molecule has 1 aromatic heterocycles. The molecule has 84 valence electrons. The molecule has 1 aliphatic rings. The van der Waals surface area contributed by atoms with Crippen LogP contribution < -0.4 is 10.2 Å². The first kappa shape index (κ1) is 10.5. The fourth-order valence-electron chi connectivity index (χ4n) is 2.07. The largest absolute Gasteiger partial charge is 0.363 e. The van der Waals surface area contributed by atoms with Gasteiger partial charge < -0.3 is 10.2 Å². The first-order chi connectivity index (χ1) is 6.98. The summed E-state index contributed by atoms with van der Waals surface area (Å²) in [6.45, 7) is 8.78. The van der Waals surface area contributed by atoms with Crippen molar-refractivity contribution in [2.45, 2.75) is 32.4 Å². The molecule has 1 N–H and O–H groups in total. The Morgan fingerprint density at radius 3 is 2.87 bits per heavy atom. The van der Waals surface area contributed by atoms with Crippen LogP contribution in [0.2, 0.25) is 0 Å². The van der Waals surface area contributed by atoms with Crippen molar-refractivity contribution >= 4 is 5.69 Å². The molecular weight excluding hydrogens is 188 g/mol. The standard InChI is InChI=1S/C11H20N4/c1-9-5-12-11(2,3)8-15(9)10-6-13-14(4)7-10/h6-7,9,12H,5,8H2,1-4H3. The van der Waals surface area contributed by atoms with E-state index < -0.39 is 0 Å². The van der Waals surface area contributed by atoms with Crippen LogP contribution in [-0.2, 0) is 7.05 Å². The number of hydrogen-bond acceptors (Lipinski definition) is 3. The van der Waals surface area contributed by atoms with E-state index in [0.717, 1.165) is 13.1 Å². The van der Waals surface area contributed by atoms with Crippen LogP contribution in [0.5, 0.6) is 0 Å². The van der Waals surface area contributed by atoms with Crippen LogP contribution >= 0.6 is 0 Å². The molecule has 1 fully saturated rings. The molecule has 0 spiro atoms. The van der Waals surface area contributed by atoms with Gasteiger partial charge in [0, 0.05) is 37.9 Å². The summed E-state index contributed by atoms with van der Waals surface area (Å²) in [4.78, 5) is 2.42. The zero-order chi connectivity index (χ0) is 11.1. The summed E-state index contributed by atoms with van der Waals surface area (Å²) in [5.74, 6) is 0. The molecule has 15 heavy (non-hydrogen) atoms. The van der Waals surface area contributed by atoms with Crippen LogP contribution in [0, 0.1) is 0 Å². The summed E-state index contributed by atoms with van der Waals surface area (Å²) < 4.78 is 1.86. The van der Waals surface area contributed by atoms with Crippen molar-refractivity contribution in [3.05, 3.63) is 12.4 Å².